The molecule has 0 radical (unpaired) electrons. The second-order valence-electron chi connectivity index (χ2n) is 7.45. The van der Waals surface area contributed by atoms with Crippen molar-refractivity contribution in [2.24, 2.45) is 0 Å². The number of amides is 1. The maximum absolute atomic E-state index is 13.1. The maximum Gasteiger partial charge on any atom is 0.573 e. The molecule has 1 amide bonds. The van der Waals surface area contributed by atoms with Crippen LogP contribution in [0.5, 0.6) is 11.5 Å². The van der Waals surface area contributed by atoms with Gasteiger partial charge in [0.15, 0.2) is 0 Å². The zero-order valence-electron chi connectivity index (χ0n) is 18.3. The van der Waals surface area contributed by atoms with Crippen LogP contribution in [0.3, 0.4) is 0 Å². The Bertz CT molecular complexity index is 1260. The van der Waals surface area contributed by atoms with E-state index in [1.807, 2.05) is 6.92 Å². The van der Waals surface area contributed by atoms with Crippen LogP contribution in [0.1, 0.15) is 24.1 Å². The van der Waals surface area contributed by atoms with Crippen LogP contribution in [0, 0.1) is 0 Å². The average Bonchev–Trinajstić information content (AvgIpc) is 3.10. The van der Waals surface area contributed by atoms with Crippen molar-refractivity contribution in [2.75, 3.05) is 11.5 Å². The highest BCUT2D eigenvalue weighted by atomic mass is 19.4. The lowest BCUT2D eigenvalue weighted by Crippen LogP contribution is -2.29. The second kappa shape index (κ2) is 9.49. The molecule has 0 aliphatic carbocycles. The third-order valence-electron chi connectivity index (χ3n) is 5.25. The Labute approximate surface area is 198 Å². The number of ether oxygens (including phenoxy) is 2. The van der Waals surface area contributed by atoms with Crippen LogP contribution in [0.25, 0.3) is 5.76 Å². The number of hydrogen-bond acceptors (Lipinski definition) is 6. The van der Waals surface area contributed by atoms with Crippen LogP contribution < -0.4 is 14.4 Å². The standard InChI is InChI=1S/C25H19F3N2O5/c1-2-34-18-7-3-16(4-8-18)22(31)20-21(15-11-13-29-14-12-15)30(24(33)23(20)32)17-5-9-19(10-6-17)35-25(26,27)28/h3-14,21,31H,2H2,1H3/b22-20-. The minimum atomic E-state index is -4.88. The molecule has 3 aromatic rings. The van der Waals surface area contributed by atoms with E-state index < -0.39 is 35.6 Å². The highest BCUT2D eigenvalue weighted by molar-refractivity contribution is 6.51. The normalized spacial score (nSPS) is 17.5. The Morgan fingerprint density at radius 2 is 1.57 bits per heavy atom. The molecule has 1 aromatic heterocycles. The van der Waals surface area contributed by atoms with Crippen molar-refractivity contribution in [2.45, 2.75) is 19.3 Å². The number of Topliss-reactive ketones (excluding diaryl/α,β-unsaturated/α-hetero) is 1. The molecule has 2 heterocycles. The first kappa shape index (κ1) is 23.8. The van der Waals surface area contributed by atoms with Crippen molar-refractivity contribution in [1.29, 1.82) is 0 Å². The molecule has 4 rings (SSSR count). The summed E-state index contributed by atoms with van der Waals surface area (Å²) >= 11 is 0. The number of pyridine rings is 1. The molecule has 0 saturated carbocycles. The molecule has 1 unspecified atom stereocenters. The van der Waals surface area contributed by atoms with E-state index in [1.165, 1.54) is 24.5 Å². The van der Waals surface area contributed by atoms with Gasteiger partial charge in [0.05, 0.1) is 18.2 Å². The number of halogens is 3. The highest BCUT2D eigenvalue weighted by Crippen LogP contribution is 2.42. The maximum atomic E-state index is 13.1. The zero-order chi connectivity index (χ0) is 25.2. The largest absolute Gasteiger partial charge is 0.573 e. The van der Waals surface area contributed by atoms with E-state index >= 15 is 0 Å². The summed E-state index contributed by atoms with van der Waals surface area (Å²) in [7, 11) is 0. The zero-order valence-corrected chi connectivity index (χ0v) is 18.3. The van der Waals surface area contributed by atoms with E-state index in [9.17, 15) is 27.9 Å². The molecule has 1 atom stereocenters. The van der Waals surface area contributed by atoms with Crippen molar-refractivity contribution in [3.63, 3.8) is 0 Å². The number of anilines is 1. The minimum Gasteiger partial charge on any atom is -0.507 e. The first-order valence-electron chi connectivity index (χ1n) is 10.5. The summed E-state index contributed by atoms with van der Waals surface area (Å²) < 4.78 is 46.9. The van der Waals surface area contributed by atoms with Gasteiger partial charge in [-0.3, -0.25) is 19.5 Å². The van der Waals surface area contributed by atoms with Crippen molar-refractivity contribution >= 4 is 23.1 Å². The minimum absolute atomic E-state index is 0.147. The van der Waals surface area contributed by atoms with Gasteiger partial charge >= 0.3 is 6.36 Å². The molecule has 1 aliphatic rings. The summed E-state index contributed by atoms with van der Waals surface area (Å²) in [5.74, 6) is -2.19. The molecular formula is C25H19F3N2O5. The lowest BCUT2D eigenvalue weighted by molar-refractivity contribution is -0.274. The molecule has 7 nitrogen and oxygen atoms in total. The molecule has 180 valence electrons. The molecule has 35 heavy (non-hydrogen) atoms. The summed E-state index contributed by atoms with van der Waals surface area (Å²) in [4.78, 5) is 31.2. The molecular weight excluding hydrogens is 465 g/mol. The number of carbonyl (C=O) groups excluding carboxylic acids is 2. The summed E-state index contributed by atoms with van der Waals surface area (Å²) in [5, 5.41) is 11.1. The van der Waals surface area contributed by atoms with Crippen molar-refractivity contribution in [3.8, 4) is 11.5 Å². The number of aromatic nitrogens is 1. The van der Waals surface area contributed by atoms with E-state index in [2.05, 4.69) is 9.72 Å². The fourth-order valence-corrected chi connectivity index (χ4v) is 3.80. The van der Waals surface area contributed by atoms with Crippen molar-refractivity contribution in [1.82, 2.24) is 4.98 Å². The number of benzene rings is 2. The average molecular weight is 484 g/mol. The summed E-state index contributed by atoms with van der Waals surface area (Å²) in [6.07, 6.45) is -1.95. The van der Waals surface area contributed by atoms with Gasteiger partial charge < -0.3 is 14.6 Å². The van der Waals surface area contributed by atoms with Gasteiger partial charge in [-0.25, -0.2) is 0 Å². The van der Waals surface area contributed by atoms with Crippen LogP contribution in [0.2, 0.25) is 0 Å². The first-order valence-corrected chi connectivity index (χ1v) is 10.5. The molecule has 0 bridgehead atoms. The topological polar surface area (TPSA) is 89.0 Å². The smallest absolute Gasteiger partial charge is 0.507 e. The number of aliphatic hydroxyl groups excluding tert-OH is 1. The van der Waals surface area contributed by atoms with E-state index in [-0.39, 0.29) is 11.3 Å². The Balaban J connectivity index is 1.80. The van der Waals surface area contributed by atoms with Gasteiger partial charge in [0.25, 0.3) is 11.7 Å². The van der Waals surface area contributed by atoms with Crippen LogP contribution >= 0.6 is 0 Å². The van der Waals surface area contributed by atoms with Gasteiger partial charge in [-0.05, 0) is 73.2 Å². The first-order chi connectivity index (χ1) is 16.7. The number of carbonyl (C=O) groups is 2. The van der Waals surface area contributed by atoms with E-state index in [1.54, 1.807) is 36.4 Å². The Hall–Kier alpha value is -4.34. The fraction of sp³-hybridized carbons (Fsp3) is 0.160. The SMILES string of the molecule is CCOc1ccc(/C(O)=C2/C(=O)C(=O)N(c3ccc(OC(F)(F)F)cc3)C2c2ccncc2)cc1. The monoisotopic (exact) mass is 484 g/mol. The van der Waals surface area contributed by atoms with Crippen molar-refractivity contribution in [3.05, 3.63) is 89.8 Å². The molecule has 1 N–H and O–H groups in total. The predicted molar refractivity (Wildman–Crippen MR) is 120 cm³/mol. The molecule has 1 fully saturated rings. The number of ketones is 1. The van der Waals surface area contributed by atoms with Crippen LogP contribution in [-0.4, -0.2) is 34.8 Å². The highest BCUT2D eigenvalue weighted by Gasteiger charge is 2.47. The molecule has 10 heteroatoms. The lowest BCUT2D eigenvalue weighted by atomic mass is 9.95. The third kappa shape index (κ3) is 4.96. The van der Waals surface area contributed by atoms with Gasteiger partial charge in [0.1, 0.15) is 17.3 Å². The lowest BCUT2D eigenvalue weighted by Gasteiger charge is -2.25. The van der Waals surface area contributed by atoms with Crippen LogP contribution in [0.15, 0.2) is 78.6 Å². The van der Waals surface area contributed by atoms with Crippen LogP contribution in [0.4, 0.5) is 18.9 Å². The second-order valence-corrected chi connectivity index (χ2v) is 7.45. The Morgan fingerprint density at radius 3 is 2.14 bits per heavy atom. The van der Waals surface area contributed by atoms with E-state index in [4.69, 9.17) is 4.74 Å². The van der Waals surface area contributed by atoms with Crippen molar-refractivity contribution < 1.29 is 37.3 Å². The molecule has 1 aliphatic heterocycles. The van der Waals surface area contributed by atoms with Gasteiger partial charge in [-0.2, -0.15) is 0 Å². The van der Waals surface area contributed by atoms with Gasteiger partial charge in [-0.15, -0.1) is 13.2 Å². The summed E-state index contributed by atoms with van der Waals surface area (Å²) in [6, 6.07) is 13.0. The number of alkyl halides is 3. The quantitative estimate of drug-likeness (QED) is 0.301. The number of nitrogens with zero attached hydrogens (tertiary/aromatic N) is 2. The molecule has 2 aromatic carbocycles. The Morgan fingerprint density at radius 1 is 0.971 bits per heavy atom. The van der Waals surface area contributed by atoms with E-state index in [0.717, 1.165) is 17.0 Å². The number of aliphatic hydroxyl groups is 1. The molecule has 1 saturated heterocycles. The Kier molecular flexibility index (Phi) is 6.46. The number of hydrogen-bond donors (Lipinski definition) is 1. The summed E-state index contributed by atoms with van der Waals surface area (Å²) in [5.41, 5.74) is 0.747. The van der Waals surface area contributed by atoms with Gasteiger partial charge in [-0.1, -0.05) is 0 Å². The summed E-state index contributed by atoms with van der Waals surface area (Å²) in [6.45, 7) is 2.27. The third-order valence-corrected chi connectivity index (χ3v) is 5.25. The number of rotatable bonds is 6. The van der Waals surface area contributed by atoms with Gasteiger partial charge in [0.2, 0.25) is 0 Å². The van der Waals surface area contributed by atoms with Crippen LogP contribution in [-0.2, 0) is 9.59 Å². The van der Waals surface area contributed by atoms with E-state index in [0.29, 0.717) is 23.5 Å². The van der Waals surface area contributed by atoms with Gasteiger partial charge in [0, 0.05) is 23.6 Å². The fourth-order valence-electron chi connectivity index (χ4n) is 3.80. The molecule has 0 spiro atoms. The predicted octanol–water partition coefficient (Wildman–Crippen LogP) is 5.01.